The molecule has 1 heterocycles. The van der Waals surface area contributed by atoms with Crippen molar-refractivity contribution in [2.45, 2.75) is 6.92 Å². The molecule has 0 unspecified atom stereocenters. The lowest BCUT2D eigenvalue weighted by molar-refractivity contribution is 1.18. The van der Waals surface area contributed by atoms with E-state index in [0.29, 0.717) is 5.82 Å². The first kappa shape index (κ1) is 10.9. The molecule has 2 aromatic rings. The van der Waals surface area contributed by atoms with Crippen LogP contribution in [0.4, 0.5) is 17.5 Å². The number of benzene rings is 1. The van der Waals surface area contributed by atoms with E-state index in [2.05, 4.69) is 31.2 Å². The number of hydrogen-bond acceptors (Lipinski definition) is 4. The number of nitrogens with two attached hydrogens (primary N) is 1. The molecule has 0 radical (unpaired) electrons. The minimum Gasteiger partial charge on any atom is -0.368 e. The van der Waals surface area contributed by atoms with E-state index in [0.717, 1.165) is 15.7 Å². The monoisotopic (exact) mass is 278 g/mol. The van der Waals surface area contributed by atoms with Crippen LogP contribution in [0.25, 0.3) is 0 Å². The number of hydrogen-bond donors (Lipinski definition) is 2. The standard InChI is InChI=1S/C11H11BrN4/c1-7-3-2-4-8(10(7)12)15-9-5-6-14-11(13)16-9/h2-6H,1H3,(H3,13,14,15,16). The van der Waals surface area contributed by atoms with Gasteiger partial charge in [0.05, 0.1) is 5.69 Å². The van der Waals surface area contributed by atoms with Gasteiger partial charge in [-0.05, 0) is 40.5 Å². The maximum Gasteiger partial charge on any atom is 0.221 e. The summed E-state index contributed by atoms with van der Waals surface area (Å²) in [5.41, 5.74) is 7.62. The van der Waals surface area contributed by atoms with Crippen LogP contribution >= 0.6 is 15.9 Å². The number of nitrogen functional groups attached to an aromatic ring is 1. The average molecular weight is 279 g/mol. The molecule has 16 heavy (non-hydrogen) atoms. The highest BCUT2D eigenvalue weighted by Crippen LogP contribution is 2.27. The summed E-state index contributed by atoms with van der Waals surface area (Å²) in [5.74, 6) is 0.938. The molecule has 0 bridgehead atoms. The molecule has 0 aliphatic heterocycles. The van der Waals surface area contributed by atoms with Crippen molar-refractivity contribution in [2.75, 3.05) is 11.1 Å². The minimum atomic E-state index is 0.258. The van der Waals surface area contributed by atoms with Gasteiger partial charge in [-0.25, -0.2) is 4.98 Å². The predicted octanol–water partition coefficient (Wildman–Crippen LogP) is 2.87. The molecule has 0 saturated heterocycles. The molecule has 2 rings (SSSR count). The lowest BCUT2D eigenvalue weighted by Gasteiger charge is -2.09. The van der Waals surface area contributed by atoms with Crippen molar-refractivity contribution in [2.24, 2.45) is 0 Å². The first-order valence-electron chi connectivity index (χ1n) is 4.77. The Balaban J connectivity index is 2.31. The maximum atomic E-state index is 5.51. The first-order chi connectivity index (χ1) is 7.66. The Morgan fingerprint density at radius 1 is 1.31 bits per heavy atom. The topological polar surface area (TPSA) is 63.8 Å². The predicted molar refractivity (Wildman–Crippen MR) is 68.6 cm³/mol. The van der Waals surface area contributed by atoms with E-state index < -0.39 is 0 Å². The van der Waals surface area contributed by atoms with Crippen LogP contribution in [0.15, 0.2) is 34.9 Å². The van der Waals surface area contributed by atoms with Crippen LogP contribution < -0.4 is 11.1 Å². The van der Waals surface area contributed by atoms with Crippen molar-refractivity contribution < 1.29 is 0 Å². The van der Waals surface area contributed by atoms with Crippen LogP contribution in [0.2, 0.25) is 0 Å². The van der Waals surface area contributed by atoms with Gasteiger partial charge in [-0.1, -0.05) is 12.1 Å². The number of aryl methyl sites for hydroxylation is 1. The molecule has 1 aromatic carbocycles. The third-order valence-corrected chi connectivity index (χ3v) is 3.18. The minimum absolute atomic E-state index is 0.258. The number of halogens is 1. The maximum absolute atomic E-state index is 5.51. The third-order valence-electron chi connectivity index (χ3n) is 2.13. The first-order valence-corrected chi connectivity index (χ1v) is 5.57. The van der Waals surface area contributed by atoms with Crippen molar-refractivity contribution in [3.8, 4) is 0 Å². The van der Waals surface area contributed by atoms with Crippen molar-refractivity contribution >= 4 is 33.4 Å². The molecule has 0 amide bonds. The molecule has 0 aliphatic rings. The average Bonchev–Trinajstić information content (AvgIpc) is 2.25. The second kappa shape index (κ2) is 4.49. The Bertz CT molecular complexity index is 513. The third kappa shape index (κ3) is 2.30. The van der Waals surface area contributed by atoms with Crippen LogP contribution in [-0.2, 0) is 0 Å². The zero-order valence-electron chi connectivity index (χ0n) is 8.74. The Labute approximate surface area is 102 Å². The highest BCUT2D eigenvalue weighted by molar-refractivity contribution is 9.10. The summed E-state index contributed by atoms with van der Waals surface area (Å²) in [5, 5.41) is 3.18. The van der Waals surface area contributed by atoms with E-state index >= 15 is 0 Å². The lowest BCUT2D eigenvalue weighted by atomic mass is 10.2. The van der Waals surface area contributed by atoms with Crippen LogP contribution in [0.5, 0.6) is 0 Å². The van der Waals surface area contributed by atoms with Crippen LogP contribution in [-0.4, -0.2) is 9.97 Å². The zero-order chi connectivity index (χ0) is 11.5. The Morgan fingerprint density at radius 3 is 2.88 bits per heavy atom. The molecule has 0 aliphatic carbocycles. The van der Waals surface area contributed by atoms with Gasteiger partial charge in [-0.15, -0.1) is 0 Å². The van der Waals surface area contributed by atoms with E-state index in [1.807, 2.05) is 25.1 Å². The summed E-state index contributed by atoms with van der Waals surface area (Å²) < 4.78 is 1.02. The fourth-order valence-corrected chi connectivity index (χ4v) is 1.69. The molecule has 5 heteroatoms. The molecule has 0 fully saturated rings. The van der Waals surface area contributed by atoms with Crippen molar-refractivity contribution in [1.82, 2.24) is 9.97 Å². The molecule has 0 saturated carbocycles. The van der Waals surface area contributed by atoms with Crippen molar-refractivity contribution in [3.63, 3.8) is 0 Å². The van der Waals surface area contributed by atoms with Gasteiger partial charge >= 0.3 is 0 Å². The van der Waals surface area contributed by atoms with Gasteiger partial charge in [0.15, 0.2) is 0 Å². The number of aromatic nitrogens is 2. The highest BCUT2D eigenvalue weighted by atomic mass is 79.9. The van der Waals surface area contributed by atoms with Gasteiger partial charge in [0, 0.05) is 10.7 Å². The second-order valence-corrected chi connectivity index (χ2v) is 4.15. The van der Waals surface area contributed by atoms with Crippen molar-refractivity contribution in [1.29, 1.82) is 0 Å². The number of nitrogens with one attached hydrogen (secondary N) is 1. The largest absolute Gasteiger partial charge is 0.368 e. The molecule has 3 N–H and O–H groups in total. The van der Waals surface area contributed by atoms with Gasteiger partial charge in [-0.2, -0.15) is 4.98 Å². The molecule has 0 spiro atoms. The van der Waals surface area contributed by atoms with Gasteiger partial charge in [0.25, 0.3) is 0 Å². The number of rotatable bonds is 2. The van der Waals surface area contributed by atoms with E-state index in [9.17, 15) is 0 Å². The van der Waals surface area contributed by atoms with Gasteiger partial charge < -0.3 is 11.1 Å². The summed E-state index contributed by atoms with van der Waals surface area (Å²) in [6.45, 7) is 2.03. The normalized spacial score (nSPS) is 10.1. The molecule has 1 aromatic heterocycles. The van der Waals surface area contributed by atoms with E-state index in [1.165, 1.54) is 0 Å². The molecule has 82 valence electrons. The summed E-state index contributed by atoms with van der Waals surface area (Å²) in [6.07, 6.45) is 1.62. The lowest BCUT2D eigenvalue weighted by Crippen LogP contribution is -1.99. The fourth-order valence-electron chi connectivity index (χ4n) is 1.33. The highest BCUT2D eigenvalue weighted by Gasteiger charge is 2.03. The van der Waals surface area contributed by atoms with Gasteiger partial charge in [-0.3, -0.25) is 0 Å². The SMILES string of the molecule is Cc1cccc(Nc2ccnc(N)n2)c1Br. The second-order valence-electron chi connectivity index (χ2n) is 3.36. The summed E-state index contributed by atoms with van der Waals surface area (Å²) in [7, 11) is 0. The number of nitrogens with zero attached hydrogens (tertiary/aromatic N) is 2. The summed E-state index contributed by atoms with van der Waals surface area (Å²) >= 11 is 3.52. The smallest absolute Gasteiger partial charge is 0.221 e. The summed E-state index contributed by atoms with van der Waals surface area (Å²) in [4.78, 5) is 7.91. The van der Waals surface area contributed by atoms with Crippen molar-refractivity contribution in [3.05, 3.63) is 40.5 Å². The quantitative estimate of drug-likeness (QED) is 0.887. The van der Waals surface area contributed by atoms with Crippen LogP contribution in [0.1, 0.15) is 5.56 Å². The van der Waals surface area contributed by atoms with E-state index in [1.54, 1.807) is 12.3 Å². The Hall–Kier alpha value is -1.62. The molecule has 4 nitrogen and oxygen atoms in total. The van der Waals surface area contributed by atoms with E-state index in [-0.39, 0.29) is 5.95 Å². The molecule has 0 atom stereocenters. The van der Waals surface area contributed by atoms with Crippen LogP contribution in [0.3, 0.4) is 0 Å². The fraction of sp³-hybridized carbons (Fsp3) is 0.0909. The van der Waals surface area contributed by atoms with Gasteiger partial charge in [0.2, 0.25) is 5.95 Å². The van der Waals surface area contributed by atoms with Crippen LogP contribution in [0, 0.1) is 6.92 Å². The Kier molecular flexibility index (Phi) is 3.05. The molecular formula is C11H11BrN4. The Morgan fingerprint density at radius 2 is 2.12 bits per heavy atom. The van der Waals surface area contributed by atoms with E-state index in [4.69, 9.17) is 5.73 Å². The molecular weight excluding hydrogens is 268 g/mol. The summed E-state index contributed by atoms with van der Waals surface area (Å²) in [6, 6.07) is 7.75. The number of anilines is 3. The zero-order valence-corrected chi connectivity index (χ0v) is 10.3. The van der Waals surface area contributed by atoms with Gasteiger partial charge in [0.1, 0.15) is 5.82 Å².